The van der Waals surface area contributed by atoms with Crippen LogP contribution in [-0.2, 0) is 0 Å². The van der Waals surface area contributed by atoms with E-state index in [-0.39, 0.29) is 6.03 Å². The van der Waals surface area contributed by atoms with Crippen molar-refractivity contribution in [1.82, 2.24) is 15.8 Å². The molecule has 0 aromatic heterocycles. The van der Waals surface area contributed by atoms with E-state index in [9.17, 15) is 4.79 Å². The normalized spacial score (nSPS) is 9.36. The van der Waals surface area contributed by atoms with Crippen LogP contribution in [0.25, 0.3) is 0 Å². The SMILES string of the molecule is CCCNC(=O)N(CC)NC. The highest BCUT2D eigenvalue weighted by Crippen LogP contribution is 1.82. The van der Waals surface area contributed by atoms with Gasteiger partial charge >= 0.3 is 6.03 Å². The summed E-state index contributed by atoms with van der Waals surface area (Å²) in [5, 5.41) is 4.28. The van der Waals surface area contributed by atoms with E-state index in [0.29, 0.717) is 6.54 Å². The molecule has 66 valence electrons. The second kappa shape index (κ2) is 5.97. The van der Waals surface area contributed by atoms with Gasteiger partial charge in [0.15, 0.2) is 0 Å². The molecule has 0 rings (SSSR count). The van der Waals surface area contributed by atoms with E-state index in [1.54, 1.807) is 7.05 Å². The summed E-state index contributed by atoms with van der Waals surface area (Å²) in [6, 6.07) is -0.0585. The summed E-state index contributed by atoms with van der Waals surface area (Å²) < 4.78 is 0. The van der Waals surface area contributed by atoms with Crippen LogP contribution in [0.15, 0.2) is 0 Å². The Morgan fingerprint density at radius 3 is 2.45 bits per heavy atom. The lowest BCUT2D eigenvalue weighted by Gasteiger charge is -2.19. The zero-order chi connectivity index (χ0) is 8.69. The Labute approximate surface area is 67.9 Å². The fourth-order valence-corrected chi connectivity index (χ4v) is 0.731. The highest BCUT2D eigenvalue weighted by atomic mass is 16.2. The molecule has 0 heterocycles. The van der Waals surface area contributed by atoms with Gasteiger partial charge in [0.1, 0.15) is 0 Å². The van der Waals surface area contributed by atoms with Crippen LogP contribution in [-0.4, -0.2) is 31.2 Å². The van der Waals surface area contributed by atoms with Gasteiger partial charge in [0.05, 0.1) is 0 Å². The Morgan fingerprint density at radius 1 is 1.45 bits per heavy atom. The van der Waals surface area contributed by atoms with Crippen molar-refractivity contribution in [3.05, 3.63) is 0 Å². The van der Waals surface area contributed by atoms with Crippen molar-refractivity contribution in [3.63, 3.8) is 0 Å². The zero-order valence-corrected chi connectivity index (χ0v) is 7.48. The number of rotatable bonds is 4. The first-order valence-electron chi connectivity index (χ1n) is 3.99. The summed E-state index contributed by atoms with van der Waals surface area (Å²) in [5.41, 5.74) is 2.78. The van der Waals surface area contributed by atoms with Gasteiger partial charge in [0.2, 0.25) is 0 Å². The molecule has 0 aliphatic rings. The fraction of sp³-hybridized carbons (Fsp3) is 0.857. The minimum atomic E-state index is -0.0585. The van der Waals surface area contributed by atoms with Gasteiger partial charge in [-0.15, -0.1) is 0 Å². The number of urea groups is 1. The molecule has 0 unspecified atom stereocenters. The van der Waals surface area contributed by atoms with Crippen molar-refractivity contribution in [2.45, 2.75) is 20.3 Å². The molecule has 4 heteroatoms. The van der Waals surface area contributed by atoms with Crippen molar-refractivity contribution in [2.24, 2.45) is 0 Å². The van der Waals surface area contributed by atoms with Crippen molar-refractivity contribution >= 4 is 6.03 Å². The molecule has 0 aliphatic carbocycles. The van der Waals surface area contributed by atoms with Crippen LogP contribution in [0, 0.1) is 0 Å². The third-order valence-corrected chi connectivity index (χ3v) is 1.36. The van der Waals surface area contributed by atoms with E-state index in [1.165, 1.54) is 5.01 Å². The number of nitrogens with zero attached hydrogens (tertiary/aromatic N) is 1. The molecule has 2 amide bonds. The number of nitrogens with one attached hydrogen (secondary N) is 2. The molecule has 0 radical (unpaired) electrons. The van der Waals surface area contributed by atoms with E-state index in [2.05, 4.69) is 10.7 Å². The highest BCUT2D eigenvalue weighted by molar-refractivity contribution is 5.73. The van der Waals surface area contributed by atoms with Crippen molar-refractivity contribution in [2.75, 3.05) is 20.1 Å². The average molecular weight is 159 g/mol. The third kappa shape index (κ3) is 3.83. The maximum absolute atomic E-state index is 11.1. The number of carbonyl (C=O) groups excluding carboxylic acids is 1. The van der Waals surface area contributed by atoms with Crippen LogP contribution in [0.5, 0.6) is 0 Å². The Bertz CT molecular complexity index is 112. The minimum Gasteiger partial charge on any atom is -0.337 e. The monoisotopic (exact) mass is 159 g/mol. The maximum atomic E-state index is 11.1. The van der Waals surface area contributed by atoms with E-state index in [1.807, 2.05) is 13.8 Å². The van der Waals surface area contributed by atoms with Crippen LogP contribution in [0.1, 0.15) is 20.3 Å². The minimum absolute atomic E-state index is 0.0585. The number of hydrogen-bond acceptors (Lipinski definition) is 2. The van der Waals surface area contributed by atoms with E-state index >= 15 is 0 Å². The predicted octanol–water partition coefficient (Wildman–Crippen LogP) is 0.562. The van der Waals surface area contributed by atoms with E-state index < -0.39 is 0 Å². The second-order valence-corrected chi connectivity index (χ2v) is 2.20. The molecule has 0 saturated heterocycles. The Balaban J connectivity index is 3.61. The molecule has 0 fully saturated rings. The van der Waals surface area contributed by atoms with Gasteiger partial charge in [-0.3, -0.25) is 5.01 Å². The van der Waals surface area contributed by atoms with Gasteiger partial charge in [-0.1, -0.05) is 6.92 Å². The first kappa shape index (κ1) is 10.2. The molecule has 4 nitrogen and oxygen atoms in total. The zero-order valence-electron chi connectivity index (χ0n) is 7.48. The highest BCUT2D eigenvalue weighted by Gasteiger charge is 2.06. The summed E-state index contributed by atoms with van der Waals surface area (Å²) >= 11 is 0. The number of amides is 2. The van der Waals surface area contributed by atoms with Crippen molar-refractivity contribution in [3.8, 4) is 0 Å². The van der Waals surface area contributed by atoms with Gasteiger partial charge in [0, 0.05) is 20.1 Å². The maximum Gasteiger partial charge on any atom is 0.331 e. The first-order valence-corrected chi connectivity index (χ1v) is 3.99. The lowest BCUT2D eigenvalue weighted by atomic mass is 10.5. The summed E-state index contributed by atoms with van der Waals surface area (Å²) in [6.45, 7) is 5.35. The lowest BCUT2D eigenvalue weighted by molar-refractivity contribution is 0.181. The number of hydrazine groups is 1. The van der Waals surface area contributed by atoms with Gasteiger partial charge in [-0.05, 0) is 13.3 Å². The second-order valence-electron chi connectivity index (χ2n) is 2.20. The summed E-state index contributed by atoms with van der Waals surface area (Å²) in [4.78, 5) is 11.1. The van der Waals surface area contributed by atoms with Gasteiger partial charge < -0.3 is 5.32 Å². The summed E-state index contributed by atoms with van der Waals surface area (Å²) in [7, 11) is 1.73. The molecule has 2 N–H and O–H groups in total. The van der Waals surface area contributed by atoms with Gasteiger partial charge in [0.25, 0.3) is 0 Å². The molecular formula is C7H17N3O. The Hall–Kier alpha value is -0.770. The predicted molar refractivity (Wildman–Crippen MR) is 45.1 cm³/mol. The molecular weight excluding hydrogens is 142 g/mol. The lowest BCUT2D eigenvalue weighted by Crippen LogP contribution is -2.46. The Morgan fingerprint density at radius 2 is 2.09 bits per heavy atom. The summed E-state index contributed by atoms with van der Waals surface area (Å²) in [5.74, 6) is 0. The third-order valence-electron chi connectivity index (χ3n) is 1.36. The largest absolute Gasteiger partial charge is 0.337 e. The summed E-state index contributed by atoms with van der Waals surface area (Å²) in [6.07, 6.45) is 0.965. The molecule has 0 saturated carbocycles. The standard InChI is InChI=1S/C7H17N3O/c1-4-6-9-7(11)10(5-2)8-3/h8H,4-6H2,1-3H3,(H,9,11). The van der Waals surface area contributed by atoms with Gasteiger partial charge in [-0.25, -0.2) is 10.2 Å². The van der Waals surface area contributed by atoms with Crippen LogP contribution < -0.4 is 10.7 Å². The quantitative estimate of drug-likeness (QED) is 0.589. The molecule has 0 aromatic carbocycles. The number of carbonyl (C=O) groups is 1. The Kier molecular flexibility index (Phi) is 5.56. The first-order chi connectivity index (χ1) is 5.26. The van der Waals surface area contributed by atoms with Gasteiger partial charge in [-0.2, -0.15) is 0 Å². The van der Waals surface area contributed by atoms with E-state index in [4.69, 9.17) is 0 Å². The van der Waals surface area contributed by atoms with Crippen LogP contribution in [0.2, 0.25) is 0 Å². The number of hydrogen-bond donors (Lipinski definition) is 2. The van der Waals surface area contributed by atoms with Crippen LogP contribution in [0.4, 0.5) is 4.79 Å². The molecule has 0 atom stereocenters. The topological polar surface area (TPSA) is 44.4 Å². The molecule has 0 spiro atoms. The smallest absolute Gasteiger partial charge is 0.331 e. The molecule has 0 aliphatic heterocycles. The van der Waals surface area contributed by atoms with Crippen molar-refractivity contribution in [1.29, 1.82) is 0 Å². The van der Waals surface area contributed by atoms with Crippen LogP contribution in [0.3, 0.4) is 0 Å². The fourth-order valence-electron chi connectivity index (χ4n) is 0.731. The molecule has 0 bridgehead atoms. The average Bonchev–Trinajstić information content (AvgIpc) is 2.03. The molecule has 0 aromatic rings. The van der Waals surface area contributed by atoms with Crippen LogP contribution >= 0.6 is 0 Å². The molecule has 11 heavy (non-hydrogen) atoms. The van der Waals surface area contributed by atoms with Crippen molar-refractivity contribution < 1.29 is 4.79 Å². The van der Waals surface area contributed by atoms with E-state index in [0.717, 1.165) is 13.0 Å².